The van der Waals surface area contributed by atoms with Crippen LogP contribution in [-0.4, -0.2) is 16.7 Å². The van der Waals surface area contributed by atoms with E-state index in [2.05, 4.69) is 15.5 Å². The number of H-pyrrole nitrogens is 1. The summed E-state index contributed by atoms with van der Waals surface area (Å²) in [5.74, 6) is -0.507. The van der Waals surface area contributed by atoms with Gasteiger partial charge in [-0.05, 0) is 24.7 Å². The van der Waals surface area contributed by atoms with Gasteiger partial charge in [-0.15, -0.1) is 0 Å². The zero-order chi connectivity index (χ0) is 13.1. The smallest absolute Gasteiger partial charge is 0.142 e. The number of halogens is 3. The van der Waals surface area contributed by atoms with Crippen molar-refractivity contribution < 1.29 is 4.39 Å². The molecule has 6 heteroatoms. The highest BCUT2D eigenvalue weighted by atomic mass is 35.5. The molecule has 2 N–H and O–H groups in total. The van der Waals surface area contributed by atoms with Gasteiger partial charge in [0.05, 0.1) is 15.7 Å². The van der Waals surface area contributed by atoms with Crippen LogP contribution < -0.4 is 5.32 Å². The SMILES string of the molecule is CCNCc1cc(-c2cc(F)c(Cl)cc2Cl)n[nH]1. The van der Waals surface area contributed by atoms with Gasteiger partial charge in [0.15, 0.2) is 0 Å². The molecule has 0 bridgehead atoms. The van der Waals surface area contributed by atoms with E-state index in [1.807, 2.05) is 13.0 Å². The minimum atomic E-state index is -0.507. The van der Waals surface area contributed by atoms with Crippen molar-refractivity contribution >= 4 is 23.2 Å². The fourth-order valence-corrected chi connectivity index (χ4v) is 2.05. The Bertz CT molecular complexity index is 554. The topological polar surface area (TPSA) is 40.7 Å². The van der Waals surface area contributed by atoms with Gasteiger partial charge in [-0.1, -0.05) is 30.1 Å². The van der Waals surface area contributed by atoms with Crippen LogP contribution in [0.5, 0.6) is 0 Å². The lowest BCUT2D eigenvalue weighted by atomic mass is 10.1. The number of aromatic nitrogens is 2. The van der Waals surface area contributed by atoms with Crippen LogP contribution in [0.4, 0.5) is 4.39 Å². The van der Waals surface area contributed by atoms with Crippen LogP contribution in [0.25, 0.3) is 11.3 Å². The maximum Gasteiger partial charge on any atom is 0.142 e. The van der Waals surface area contributed by atoms with Gasteiger partial charge >= 0.3 is 0 Å². The summed E-state index contributed by atoms with van der Waals surface area (Å²) in [6.07, 6.45) is 0. The van der Waals surface area contributed by atoms with Gasteiger partial charge in [0.2, 0.25) is 0 Å². The first-order chi connectivity index (χ1) is 8.61. The molecule has 0 saturated heterocycles. The largest absolute Gasteiger partial charge is 0.311 e. The summed E-state index contributed by atoms with van der Waals surface area (Å²) in [6.45, 7) is 3.56. The standard InChI is InChI=1S/C12H12Cl2FN3/c1-2-16-6-7-3-12(18-17-7)8-4-11(15)10(14)5-9(8)13/h3-5,16H,2,6H2,1H3,(H,17,18). The molecular weight excluding hydrogens is 276 g/mol. The Morgan fingerprint density at radius 3 is 2.78 bits per heavy atom. The number of nitrogens with one attached hydrogen (secondary N) is 2. The van der Waals surface area contributed by atoms with Crippen LogP contribution >= 0.6 is 23.2 Å². The number of hydrogen-bond acceptors (Lipinski definition) is 2. The summed E-state index contributed by atoms with van der Waals surface area (Å²) >= 11 is 11.7. The average molecular weight is 288 g/mol. The van der Waals surface area contributed by atoms with E-state index in [-0.39, 0.29) is 5.02 Å². The Balaban J connectivity index is 2.31. The molecular formula is C12H12Cl2FN3. The van der Waals surface area contributed by atoms with Gasteiger partial charge in [-0.2, -0.15) is 5.10 Å². The molecule has 2 aromatic rings. The Morgan fingerprint density at radius 1 is 1.28 bits per heavy atom. The maximum atomic E-state index is 13.4. The molecule has 1 aromatic carbocycles. The molecule has 3 nitrogen and oxygen atoms in total. The summed E-state index contributed by atoms with van der Waals surface area (Å²) in [7, 11) is 0. The first-order valence-electron chi connectivity index (χ1n) is 5.51. The van der Waals surface area contributed by atoms with E-state index < -0.39 is 5.82 Å². The maximum absolute atomic E-state index is 13.4. The lowest BCUT2D eigenvalue weighted by Gasteiger charge is -2.02. The minimum Gasteiger partial charge on any atom is -0.311 e. The van der Waals surface area contributed by atoms with Gasteiger partial charge in [-0.25, -0.2) is 4.39 Å². The van der Waals surface area contributed by atoms with E-state index >= 15 is 0 Å². The molecule has 18 heavy (non-hydrogen) atoms. The highest BCUT2D eigenvalue weighted by Crippen LogP contribution is 2.31. The summed E-state index contributed by atoms with van der Waals surface area (Å²) in [5, 5.41) is 10.5. The molecule has 1 aromatic heterocycles. The van der Waals surface area contributed by atoms with Crippen LogP contribution in [0, 0.1) is 5.82 Å². The third-order valence-electron chi connectivity index (χ3n) is 2.48. The number of nitrogens with zero attached hydrogens (tertiary/aromatic N) is 1. The molecule has 0 aliphatic carbocycles. The minimum absolute atomic E-state index is 0.00663. The first kappa shape index (κ1) is 13.3. The Kier molecular flexibility index (Phi) is 4.22. The molecule has 0 saturated carbocycles. The number of aromatic amines is 1. The Labute approximate surface area is 114 Å². The lowest BCUT2D eigenvalue weighted by molar-refractivity contribution is 0.628. The number of rotatable bonds is 4. The molecule has 0 spiro atoms. The number of benzene rings is 1. The van der Waals surface area contributed by atoms with Crippen molar-refractivity contribution in [2.24, 2.45) is 0 Å². The second-order valence-corrected chi connectivity index (χ2v) is 4.62. The molecule has 0 fully saturated rings. The van der Waals surface area contributed by atoms with Crippen molar-refractivity contribution in [3.05, 3.63) is 39.8 Å². The zero-order valence-electron chi connectivity index (χ0n) is 9.73. The predicted molar refractivity (Wildman–Crippen MR) is 71.4 cm³/mol. The third-order valence-corrected chi connectivity index (χ3v) is 3.08. The monoisotopic (exact) mass is 287 g/mol. The van der Waals surface area contributed by atoms with E-state index in [1.165, 1.54) is 12.1 Å². The molecule has 2 rings (SSSR count). The molecule has 0 atom stereocenters. The third kappa shape index (κ3) is 2.83. The summed E-state index contributed by atoms with van der Waals surface area (Å²) in [4.78, 5) is 0. The highest BCUT2D eigenvalue weighted by Gasteiger charge is 2.11. The van der Waals surface area contributed by atoms with Crippen molar-refractivity contribution in [1.29, 1.82) is 0 Å². The molecule has 96 valence electrons. The molecule has 0 amide bonds. The van der Waals surface area contributed by atoms with Crippen LogP contribution in [-0.2, 0) is 6.54 Å². The van der Waals surface area contributed by atoms with Crippen LogP contribution in [0.15, 0.2) is 18.2 Å². The molecule has 0 aliphatic heterocycles. The molecule has 0 radical (unpaired) electrons. The van der Waals surface area contributed by atoms with Gasteiger partial charge in [0.25, 0.3) is 0 Å². The van der Waals surface area contributed by atoms with Gasteiger partial charge < -0.3 is 5.32 Å². The van der Waals surface area contributed by atoms with Crippen LogP contribution in [0.2, 0.25) is 10.0 Å². The second-order valence-electron chi connectivity index (χ2n) is 3.80. The van der Waals surface area contributed by atoms with Gasteiger partial charge in [0, 0.05) is 17.8 Å². The van der Waals surface area contributed by atoms with Crippen LogP contribution in [0.1, 0.15) is 12.6 Å². The van der Waals surface area contributed by atoms with Gasteiger partial charge in [-0.3, -0.25) is 5.10 Å². The van der Waals surface area contributed by atoms with E-state index in [0.29, 0.717) is 22.8 Å². The van der Waals surface area contributed by atoms with Crippen LogP contribution in [0.3, 0.4) is 0 Å². The lowest BCUT2D eigenvalue weighted by Crippen LogP contribution is -2.11. The Morgan fingerprint density at radius 2 is 2.06 bits per heavy atom. The number of hydrogen-bond donors (Lipinski definition) is 2. The van der Waals surface area contributed by atoms with E-state index in [1.54, 1.807) is 0 Å². The quantitative estimate of drug-likeness (QED) is 0.843. The fraction of sp³-hybridized carbons (Fsp3) is 0.250. The van der Waals surface area contributed by atoms with Crippen molar-refractivity contribution in [2.75, 3.05) is 6.54 Å². The van der Waals surface area contributed by atoms with Gasteiger partial charge in [0.1, 0.15) is 5.82 Å². The molecule has 1 heterocycles. The van der Waals surface area contributed by atoms with Crippen molar-refractivity contribution in [1.82, 2.24) is 15.5 Å². The van der Waals surface area contributed by atoms with E-state index in [9.17, 15) is 4.39 Å². The summed E-state index contributed by atoms with van der Waals surface area (Å²) in [6, 6.07) is 4.50. The first-order valence-corrected chi connectivity index (χ1v) is 6.27. The summed E-state index contributed by atoms with van der Waals surface area (Å²) in [5.41, 5.74) is 2.04. The molecule has 0 aliphatic rings. The second kappa shape index (κ2) is 5.69. The van der Waals surface area contributed by atoms with Crippen molar-refractivity contribution in [2.45, 2.75) is 13.5 Å². The zero-order valence-corrected chi connectivity index (χ0v) is 11.2. The van der Waals surface area contributed by atoms with Crippen molar-refractivity contribution in [3.8, 4) is 11.3 Å². The average Bonchev–Trinajstić information content (AvgIpc) is 2.79. The normalized spacial score (nSPS) is 10.9. The fourth-order valence-electron chi connectivity index (χ4n) is 1.57. The highest BCUT2D eigenvalue weighted by molar-refractivity contribution is 6.36. The van der Waals surface area contributed by atoms with E-state index in [4.69, 9.17) is 23.2 Å². The predicted octanol–water partition coefficient (Wildman–Crippen LogP) is 3.63. The van der Waals surface area contributed by atoms with Crippen molar-refractivity contribution in [3.63, 3.8) is 0 Å². The Hall–Kier alpha value is -1.10. The molecule has 0 unspecified atom stereocenters. The van der Waals surface area contributed by atoms with E-state index in [0.717, 1.165) is 12.2 Å². The summed E-state index contributed by atoms with van der Waals surface area (Å²) < 4.78 is 13.4.